The highest BCUT2D eigenvalue weighted by Gasteiger charge is 2.57. The molecule has 4 aliphatic rings. The van der Waals surface area contributed by atoms with Gasteiger partial charge in [0.1, 0.15) is 5.82 Å². The minimum Gasteiger partial charge on any atom is -0.465 e. The number of amides is 4. The van der Waals surface area contributed by atoms with Gasteiger partial charge in [-0.05, 0) is 53.8 Å². The van der Waals surface area contributed by atoms with Crippen molar-refractivity contribution in [2.75, 3.05) is 51.1 Å². The maximum absolute atomic E-state index is 13.0. The van der Waals surface area contributed by atoms with E-state index in [0.29, 0.717) is 44.6 Å². The number of carbonyl (C=O) groups is 3. The van der Waals surface area contributed by atoms with Crippen LogP contribution in [0.3, 0.4) is 0 Å². The van der Waals surface area contributed by atoms with Crippen LogP contribution < -0.4 is 5.32 Å². The molecule has 11 heteroatoms. The number of nitrogens with one attached hydrogen (secondary N) is 1. The maximum atomic E-state index is 13.0. The average Bonchev–Trinajstić information content (AvgIpc) is 3.51. The number of likely N-dealkylation sites (tertiary alicyclic amines) is 2. The Morgan fingerprint density at radius 1 is 1.18 bits per heavy atom. The lowest BCUT2D eigenvalue weighted by Crippen LogP contribution is -2.72. The zero-order valence-electron chi connectivity index (χ0n) is 26.5. The van der Waals surface area contributed by atoms with Gasteiger partial charge in [0.2, 0.25) is 5.91 Å². The molecule has 2 aromatic rings. The lowest BCUT2D eigenvalue weighted by Gasteiger charge is -2.64. The van der Waals surface area contributed by atoms with Crippen LogP contribution in [-0.4, -0.2) is 99.6 Å². The number of hydrogen-bond acceptors (Lipinski definition) is 6. The molecular formula is C34H44N6O4S. The van der Waals surface area contributed by atoms with Gasteiger partial charge >= 0.3 is 12.1 Å². The third kappa shape index (κ3) is 6.79. The van der Waals surface area contributed by atoms with Crippen LogP contribution in [0.1, 0.15) is 56.0 Å². The summed E-state index contributed by atoms with van der Waals surface area (Å²) in [5.41, 5.74) is 3.31. The Bertz CT molecular complexity index is 1490. The lowest BCUT2D eigenvalue weighted by atomic mass is 9.57. The van der Waals surface area contributed by atoms with Crippen LogP contribution in [0.25, 0.3) is 6.08 Å². The molecule has 1 spiro atoms. The number of fused-ring (bicyclic) bond motifs is 1. The van der Waals surface area contributed by atoms with E-state index in [0.717, 1.165) is 56.4 Å². The monoisotopic (exact) mass is 632 g/mol. The van der Waals surface area contributed by atoms with E-state index >= 15 is 0 Å². The van der Waals surface area contributed by atoms with Crippen molar-refractivity contribution >= 4 is 41.3 Å². The summed E-state index contributed by atoms with van der Waals surface area (Å²) >= 11 is 1.77. The number of pyridine rings is 1. The van der Waals surface area contributed by atoms with Crippen molar-refractivity contribution < 1.29 is 19.5 Å². The standard InChI is InChI=1S/C34H44N6O4S/c1-33(2,3)30-34(10-14-38(15-11-34)32(43)44)23-40(30)17-16-39-22-26-19-25(21-35-29(26)36-31(39)42)6-7-28(41)37-12-8-24(9-13-37)20-27-5-4-18-45-27/h4-8,18-19,21,30H,9-17,20,22-23H2,1-3H3,(H,43,44)(H,35,36,42)/b7-6+. The van der Waals surface area contributed by atoms with Gasteiger partial charge < -0.3 is 19.8 Å². The fourth-order valence-electron chi connectivity index (χ4n) is 7.83. The maximum Gasteiger partial charge on any atom is 0.407 e. The summed E-state index contributed by atoms with van der Waals surface area (Å²) < 4.78 is 0. The van der Waals surface area contributed by atoms with Gasteiger partial charge in [-0.2, -0.15) is 0 Å². The Morgan fingerprint density at radius 2 is 1.98 bits per heavy atom. The molecule has 0 aliphatic carbocycles. The van der Waals surface area contributed by atoms with Gasteiger partial charge in [0.05, 0.1) is 6.54 Å². The number of rotatable bonds is 7. The fourth-order valence-corrected chi connectivity index (χ4v) is 8.59. The second-order valence-electron chi connectivity index (χ2n) is 14.0. The van der Waals surface area contributed by atoms with Crippen LogP contribution >= 0.6 is 11.3 Å². The molecule has 2 saturated heterocycles. The van der Waals surface area contributed by atoms with Crippen LogP contribution in [0.15, 0.2) is 47.5 Å². The topological polar surface area (TPSA) is 109 Å². The van der Waals surface area contributed by atoms with Gasteiger partial charge in [0.15, 0.2) is 0 Å². The zero-order valence-corrected chi connectivity index (χ0v) is 27.3. The number of carbonyl (C=O) groups excluding carboxylic acids is 2. The van der Waals surface area contributed by atoms with Crippen LogP contribution in [0.5, 0.6) is 0 Å². The molecule has 0 saturated carbocycles. The van der Waals surface area contributed by atoms with Crippen LogP contribution in [0, 0.1) is 10.8 Å². The summed E-state index contributed by atoms with van der Waals surface area (Å²) in [7, 11) is 0. The molecule has 2 aromatic heterocycles. The Morgan fingerprint density at radius 3 is 2.64 bits per heavy atom. The molecule has 4 aliphatic heterocycles. The molecule has 1 unspecified atom stereocenters. The summed E-state index contributed by atoms with van der Waals surface area (Å²) in [6, 6.07) is 6.41. The number of piperidine rings is 1. The number of carboxylic acid groups (broad SMARTS) is 1. The molecule has 2 fully saturated rings. The van der Waals surface area contributed by atoms with Crippen molar-refractivity contribution in [3.8, 4) is 0 Å². The van der Waals surface area contributed by atoms with E-state index in [1.165, 1.54) is 15.4 Å². The van der Waals surface area contributed by atoms with E-state index in [4.69, 9.17) is 0 Å². The summed E-state index contributed by atoms with van der Waals surface area (Å²) in [4.78, 5) is 50.9. The first-order valence-corrected chi connectivity index (χ1v) is 16.8. The molecule has 0 radical (unpaired) electrons. The molecule has 4 amide bonds. The lowest BCUT2D eigenvalue weighted by molar-refractivity contribution is -0.150. The van der Waals surface area contributed by atoms with Crippen molar-refractivity contribution in [2.45, 2.75) is 59.0 Å². The molecule has 0 bridgehead atoms. The first kappa shape index (κ1) is 31.3. The van der Waals surface area contributed by atoms with E-state index in [-0.39, 0.29) is 22.8 Å². The van der Waals surface area contributed by atoms with Gasteiger partial charge in [-0.3, -0.25) is 15.0 Å². The molecule has 240 valence electrons. The molecule has 6 rings (SSSR count). The van der Waals surface area contributed by atoms with Crippen LogP contribution in [0.4, 0.5) is 15.4 Å². The molecular weight excluding hydrogens is 588 g/mol. The largest absolute Gasteiger partial charge is 0.465 e. The number of aromatic nitrogens is 1. The normalized spacial score (nSPS) is 21.8. The number of anilines is 1. The number of urea groups is 1. The summed E-state index contributed by atoms with van der Waals surface area (Å²) in [6.45, 7) is 12.0. The second kappa shape index (κ2) is 12.6. The van der Waals surface area contributed by atoms with Crippen molar-refractivity contribution in [2.24, 2.45) is 10.8 Å². The molecule has 0 aromatic carbocycles. The molecule has 45 heavy (non-hydrogen) atoms. The minimum absolute atomic E-state index is 0.0107. The Balaban J connectivity index is 1.03. The van der Waals surface area contributed by atoms with Gasteiger partial charge in [-0.25, -0.2) is 14.6 Å². The Kier molecular flexibility index (Phi) is 8.76. The molecule has 2 N–H and O–H groups in total. The first-order valence-electron chi connectivity index (χ1n) is 15.9. The predicted octanol–water partition coefficient (Wildman–Crippen LogP) is 5.40. The second-order valence-corrected chi connectivity index (χ2v) is 15.0. The van der Waals surface area contributed by atoms with Gasteiger partial charge in [0, 0.05) is 86.4 Å². The highest BCUT2D eigenvalue weighted by atomic mass is 32.1. The fraction of sp³-hybridized carbons (Fsp3) is 0.529. The average molecular weight is 633 g/mol. The predicted molar refractivity (Wildman–Crippen MR) is 176 cm³/mol. The molecule has 6 heterocycles. The first-order chi connectivity index (χ1) is 21.5. The van der Waals surface area contributed by atoms with Gasteiger partial charge in [-0.15, -0.1) is 11.3 Å². The number of thiophene rings is 1. The highest BCUT2D eigenvalue weighted by molar-refractivity contribution is 7.09. The van der Waals surface area contributed by atoms with E-state index in [1.807, 2.05) is 21.9 Å². The van der Waals surface area contributed by atoms with Crippen molar-refractivity contribution in [1.29, 1.82) is 0 Å². The molecule has 10 nitrogen and oxygen atoms in total. The van der Waals surface area contributed by atoms with E-state index in [1.54, 1.807) is 23.6 Å². The quantitative estimate of drug-likeness (QED) is 0.313. The Hall–Kier alpha value is -3.70. The van der Waals surface area contributed by atoms with E-state index in [9.17, 15) is 19.5 Å². The highest BCUT2D eigenvalue weighted by Crippen LogP contribution is 2.52. The smallest absolute Gasteiger partial charge is 0.407 e. The Labute approximate surface area is 269 Å². The van der Waals surface area contributed by atoms with Crippen molar-refractivity contribution in [3.63, 3.8) is 0 Å². The van der Waals surface area contributed by atoms with Crippen molar-refractivity contribution in [3.05, 3.63) is 63.5 Å². The number of hydrogen-bond donors (Lipinski definition) is 2. The van der Waals surface area contributed by atoms with Gasteiger partial charge in [-0.1, -0.05) is 38.5 Å². The van der Waals surface area contributed by atoms with E-state index < -0.39 is 6.09 Å². The SMILES string of the molecule is CC(C)(C)C1N(CCN2Cc3cc(/C=C/C(=O)N4CC=C(Cc5cccs5)CC4)cnc3NC2=O)CC12CCN(C(=O)O)CC2. The minimum atomic E-state index is -0.831. The summed E-state index contributed by atoms with van der Waals surface area (Å²) in [5.74, 6) is 0.559. The third-order valence-corrected chi connectivity index (χ3v) is 10.7. The zero-order chi connectivity index (χ0) is 31.8. The van der Waals surface area contributed by atoms with Crippen LogP contribution in [-0.2, 0) is 17.8 Å². The molecule has 1 atom stereocenters. The summed E-state index contributed by atoms with van der Waals surface area (Å²) in [5, 5.41) is 14.4. The van der Waals surface area contributed by atoms with Crippen LogP contribution in [0.2, 0.25) is 0 Å². The van der Waals surface area contributed by atoms with Crippen molar-refractivity contribution in [1.82, 2.24) is 24.6 Å². The third-order valence-electron chi connectivity index (χ3n) is 9.85. The summed E-state index contributed by atoms with van der Waals surface area (Å²) in [6.07, 6.45) is 10.1. The van der Waals surface area contributed by atoms with E-state index in [2.05, 4.69) is 59.6 Å². The number of nitrogens with zero attached hydrogens (tertiary/aromatic N) is 5. The van der Waals surface area contributed by atoms with Gasteiger partial charge in [0.25, 0.3) is 0 Å².